The molecule has 0 radical (unpaired) electrons. The highest BCUT2D eigenvalue weighted by molar-refractivity contribution is 6.31. The lowest BCUT2D eigenvalue weighted by Gasteiger charge is -2.17. The summed E-state index contributed by atoms with van der Waals surface area (Å²) in [4.78, 5) is 0. The number of halogens is 5. The quantitative estimate of drug-likeness (QED) is 0.810. The summed E-state index contributed by atoms with van der Waals surface area (Å²) in [6, 6.07) is 2.64. The van der Waals surface area contributed by atoms with Crippen LogP contribution in [0, 0.1) is 0 Å². The van der Waals surface area contributed by atoms with Crippen LogP contribution >= 0.6 is 24.0 Å². The molecule has 0 amide bonds. The third-order valence-electron chi connectivity index (χ3n) is 1.95. The van der Waals surface area contributed by atoms with Gasteiger partial charge in [0.25, 0.3) is 0 Å². The number of rotatable bonds is 2. The molecule has 2 N–H and O–H groups in total. The van der Waals surface area contributed by atoms with E-state index < -0.39 is 17.8 Å². The largest absolute Gasteiger partial charge is 0.416 e. The molecule has 0 fully saturated rings. The summed E-state index contributed by atoms with van der Waals surface area (Å²) in [6.07, 6.45) is -3.24. The van der Waals surface area contributed by atoms with E-state index in [0.717, 1.165) is 6.07 Å². The summed E-state index contributed by atoms with van der Waals surface area (Å²) in [6.45, 7) is 3.35. The normalized spacial score (nSPS) is 12.8. The van der Waals surface area contributed by atoms with Gasteiger partial charge in [-0.1, -0.05) is 23.7 Å². The molecule has 0 aromatic heterocycles. The first kappa shape index (κ1) is 15.3. The van der Waals surface area contributed by atoms with Crippen molar-refractivity contribution < 1.29 is 13.2 Å². The molecular formula is C10H10Cl2F3N. The topological polar surface area (TPSA) is 26.0 Å². The molecule has 0 spiro atoms. The fourth-order valence-electron chi connectivity index (χ4n) is 1.24. The number of hydrogen-bond donors (Lipinski definition) is 1. The zero-order chi connectivity index (χ0) is 11.6. The summed E-state index contributed by atoms with van der Waals surface area (Å²) < 4.78 is 37.7. The van der Waals surface area contributed by atoms with Crippen molar-refractivity contribution in [1.29, 1.82) is 0 Å². The van der Waals surface area contributed by atoms with Crippen LogP contribution in [-0.2, 0) is 6.18 Å². The van der Waals surface area contributed by atoms with Gasteiger partial charge >= 0.3 is 6.18 Å². The van der Waals surface area contributed by atoms with Gasteiger partial charge in [-0.15, -0.1) is 19.0 Å². The Morgan fingerprint density at radius 1 is 1.38 bits per heavy atom. The maximum absolute atomic E-state index is 12.6. The Morgan fingerprint density at radius 3 is 2.38 bits per heavy atom. The number of alkyl halides is 3. The first-order valence-electron chi connectivity index (χ1n) is 4.11. The zero-order valence-corrected chi connectivity index (χ0v) is 9.66. The van der Waals surface area contributed by atoms with Gasteiger partial charge in [-0.25, -0.2) is 0 Å². The molecule has 1 aromatic rings. The van der Waals surface area contributed by atoms with Gasteiger partial charge in [0.2, 0.25) is 0 Å². The average molecular weight is 272 g/mol. The standard InChI is InChI=1S/C10H9ClF3N.ClH/c1-2-8(15)9-6(10(12,13)14)4-3-5-7(9)11;/h2-5,8H,1,15H2;1H/t8-;/m0./s1. The Labute approximate surface area is 102 Å². The Morgan fingerprint density at radius 2 is 1.94 bits per heavy atom. The van der Waals surface area contributed by atoms with E-state index in [1.165, 1.54) is 18.2 Å². The van der Waals surface area contributed by atoms with Crippen LogP contribution in [0.2, 0.25) is 5.02 Å². The summed E-state index contributed by atoms with van der Waals surface area (Å²) in [5, 5.41) is -0.00257. The lowest BCUT2D eigenvalue weighted by atomic mass is 10.0. The molecule has 0 heterocycles. The molecule has 0 unspecified atom stereocenters. The third-order valence-corrected chi connectivity index (χ3v) is 2.28. The molecule has 1 aromatic carbocycles. The number of nitrogens with two attached hydrogens (primary N) is 1. The monoisotopic (exact) mass is 271 g/mol. The van der Waals surface area contributed by atoms with E-state index in [2.05, 4.69) is 6.58 Å². The molecule has 1 atom stereocenters. The minimum atomic E-state index is -4.46. The highest BCUT2D eigenvalue weighted by Gasteiger charge is 2.35. The van der Waals surface area contributed by atoms with Gasteiger partial charge in [-0.05, 0) is 12.1 Å². The van der Waals surface area contributed by atoms with Crippen molar-refractivity contribution in [2.45, 2.75) is 12.2 Å². The molecule has 6 heteroatoms. The van der Waals surface area contributed by atoms with E-state index in [1.807, 2.05) is 0 Å². The Balaban J connectivity index is 0.00000225. The molecule has 0 saturated heterocycles. The summed E-state index contributed by atoms with van der Waals surface area (Å²) >= 11 is 5.68. The van der Waals surface area contributed by atoms with Crippen LogP contribution in [0.1, 0.15) is 17.2 Å². The molecule has 0 aliphatic rings. The highest BCUT2D eigenvalue weighted by atomic mass is 35.5. The maximum Gasteiger partial charge on any atom is 0.416 e. The third kappa shape index (κ3) is 3.14. The van der Waals surface area contributed by atoms with Gasteiger partial charge in [-0.3, -0.25) is 0 Å². The van der Waals surface area contributed by atoms with Crippen LogP contribution in [0.3, 0.4) is 0 Å². The highest BCUT2D eigenvalue weighted by Crippen LogP contribution is 2.37. The van der Waals surface area contributed by atoms with Gasteiger partial charge < -0.3 is 5.73 Å². The van der Waals surface area contributed by atoms with Crippen molar-refractivity contribution in [1.82, 2.24) is 0 Å². The molecule has 0 aliphatic heterocycles. The van der Waals surface area contributed by atoms with Gasteiger partial charge in [0, 0.05) is 16.6 Å². The van der Waals surface area contributed by atoms with Crippen LogP contribution < -0.4 is 5.73 Å². The van der Waals surface area contributed by atoms with E-state index >= 15 is 0 Å². The van der Waals surface area contributed by atoms with Gasteiger partial charge in [0.15, 0.2) is 0 Å². The number of hydrogen-bond acceptors (Lipinski definition) is 1. The molecular weight excluding hydrogens is 262 g/mol. The lowest BCUT2D eigenvalue weighted by molar-refractivity contribution is -0.138. The minimum absolute atomic E-state index is 0. The Kier molecular flexibility index (Phi) is 5.32. The lowest BCUT2D eigenvalue weighted by Crippen LogP contribution is -2.16. The number of benzene rings is 1. The first-order valence-corrected chi connectivity index (χ1v) is 4.49. The second-order valence-electron chi connectivity index (χ2n) is 2.96. The first-order chi connectivity index (χ1) is 6.88. The molecule has 0 aliphatic carbocycles. The van der Waals surface area contributed by atoms with Crippen LogP contribution in [0.15, 0.2) is 30.9 Å². The summed E-state index contributed by atoms with van der Waals surface area (Å²) in [5.74, 6) is 0. The van der Waals surface area contributed by atoms with Crippen LogP contribution in [0.25, 0.3) is 0 Å². The van der Waals surface area contributed by atoms with Crippen molar-refractivity contribution in [2.24, 2.45) is 5.73 Å². The predicted molar refractivity (Wildman–Crippen MR) is 60.8 cm³/mol. The second-order valence-corrected chi connectivity index (χ2v) is 3.37. The van der Waals surface area contributed by atoms with Crippen molar-refractivity contribution in [2.75, 3.05) is 0 Å². The molecule has 90 valence electrons. The smallest absolute Gasteiger partial charge is 0.321 e. The minimum Gasteiger partial charge on any atom is -0.321 e. The van der Waals surface area contributed by atoms with Crippen LogP contribution in [-0.4, -0.2) is 0 Å². The molecule has 1 nitrogen and oxygen atoms in total. The Hall–Kier alpha value is -0.710. The van der Waals surface area contributed by atoms with Gasteiger partial charge in [0.1, 0.15) is 0 Å². The summed E-state index contributed by atoms with van der Waals surface area (Å²) in [5.41, 5.74) is 4.54. The van der Waals surface area contributed by atoms with E-state index in [9.17, 15) is 13.2 Å². The summed E-state index contributed by atoms with van der Waals surface area (Å²) in [7, 11) is 0. The van der Waals surface area contributed by atoms with Crippen LogP contribution in [0.4, 0.5) is 13.2 Å². The van der Waals surface area contributed by atoms with E-state index in [-0.39, 0.29) is 23.0 Å². The van der Waals surface area contributed by atoms with E-state index in [4.69, 9.17) is 17.3 Å². The van der Waals surface area contributed by atoms with Crippen molar-refractivity contribution in [3.63, 3.8) is 0 Å². The van der Waals surface area contributed by atoms with Crippen LogP contribution in [0.5, 0.6) is 0 Å². The van der Waals surface area contributed by atoms with Crippen molar-refractivity contribution in [3.8, 4) is 0 Å². The average Bonchev–Trinajstić information content (AvgIpc) is 2.15. The molecule has 0 saturated carbocycles. The zero-order valence-electron chi connectivity index (χ0n) is 8.09. The van der Waals surface area contributed by atoms with Gasteiger partial charge in [0.05, 0.1) is 5.56 Å². The predicted octanol–water partition coefficient (Wildman–Crippen LogP) is 3.97. The Bertz CT molecular complexity index is 377. The fraction of sp³-hybridized carbons (Fsp3) is 0.200. The molecule has 16 heavy (non-hydrogen) atoms. The van der Waals surface area contributed by atoms with Crippen molar-refractivity contribution >= 4 is 24.0 Å². The fourth-order valence-corrected chi connectivity index (χ4v) is 1.54. The maximum atomic E-state index is 12.6. The van der Waals surface area contributed by atoms with E-state index in [1.54, 1.807) is 0 Å². The second kappa shape index (κ2) is 5.57. The molecule has 1 rings (SSSR count). The SMILES string of the molecule is C=C[C@H](N)c1c(Cl)cccc1C(F)(F)F.Cl. The van der Waals surface area contributed by atoms with E-state index in [0.29, 0.717) is 0 Å². The van der Waals surface area contributed by atoms with Gasteiger partial charge in [-0.2, -0.15) is 13.2 Å². The molecule has 0 bridgehead atoms. The van der Waals surface area contributed by atoms with Crippen molar-refractivity contribution in [3.05, 3.63) is 47.0 Å².